The monoisotopic (exact) mass is 384 g/mol. The van der Waals surface area contributed by atoms with Crippen molar-refractivity contribution in [2.24, 2.45) is 0 Å². The van der Waals surface area contributed by atoms with Crippen molar-refractivity contribution in [2.75, 3.05) is 0 Å². The summed E-state index contributed by atoms with van der Waals surface area (Å²) in [6.07, 6.45) is 19.5. The zero-order chi connectivity index (χ0) is 20.4. The first kappa shape index (κ1) is 26.3. The third-order valence-corrected chi connectivity index (χ3v) is 4.91. The summed E-state index contributed by atoms with van der Waals surface area (Å²) < 4.78 is 11.0. The highest BCUT2D eigenvalue weighted by Crippen LogP contribution is 2.19. The molecule has 0 fully saturated rings. The molecule has 0 aliphatic rings. The lowest BCUT2D eigenvalue weighted by Crippen LogP contribution is -2.27. The molecule has 0 aromatic rings. The van der Waals surface area contributed by atoms with Gasteiger partial charge < -0.3 is 9.47 Å². The van der Waals surface area contributed by atoms with Gasteiger partial charge in [0.15, 0.2) is 0 Å². The van der Waals surface area contributed by atoms with Gasteiger partial charge in [-0.2, -0.15) is 0 Å². The molecular formula is C24H48O3. The molecule has 0 unspecified atom stereocenters. The van der Waals surface area contributed by atoms with E-state index in [1.807, 2.05) is 20.8 Å². The van der Waals surface area contributed by atoms with E-state index in [4.69, 9.17) is 9.47 Å². The van der Waals surface area contributed by atoms with Crippen LogP contribution in [0.5, 0.6) is 0 Å². The Bertz CT molecular complexity index is 315. The molecule has 0 spiro atoms. The van der Waals surface area contributed by atoms with Gasteiger partial charge in [-0.3, -0.25) is 0 Å². The fraction of sp³-hybridized carbons (Fsp3) is 0.958. The molecule has 0 saturated carbocycles. The third-order valence-electron chi connectivity index (χ3n) is 4.91. The number of hydrogen-bond donors (Lipinski definition) is 0. The van der Waals surface area contributed by atoms with Gasteiger partial charge in [0, 0.05) is 0 Å². The maximum absolute atomic E-state index is 12.0. The van der Waals surface area contributed by atoms with Gasteiger partial charge >= 0.3 is 6.16 Å². The van der Waals surface area contributed by atoms with E-state index in [1.165, 1.54) is 77.0 Å². The van der Waals surface area contributed by atoms with Gasteiger partial charge in [-0.15, -0.1) is 0 Å². The Balaban J connectivity index is 4.07. The zero-order valence-electron chi connectivity index (χ0n) is 19.1. The number of ether oxygens (including phenoxy) is 2. The Hall–Kier alpha value is -0.730. The molecule has 0 N–H and O–H groups in total. The van der Waals surface area contributed by atoms with Crippen molar-refractivity contribution in [3.63, 3.8) is 0 Å². The normalized spacial score (nSPS) is 11.8. The van der Waals surface area contributed by atoms with Crippen LogP contribution in [0.1, 0.15) is 137 Å². The van der Waals surface area contributed by atoms with Crippen LogP contribution in [0.2, 0.25) is 0 Å². The van der Waals surface area contributed by atoms with Crippen LogP contribution in [0.4, 0.5) is 4.79 Å². The van der Waals surface area contributed by atoms with Crippen molar-refractivity contribution < 1.29 is 14.3 Å². The smallest absolute Gasteiger partial charge is 0.431 e. The minimum absolute atomic E-state index is 0.0196. The number of rotatable bonds is 17. The summed E-state index contributed by atoms with van der Waals surface area (Å²) in [7, 11) is 0. The van der Waals surface area contributed by atoms with Gasteiger partial charge in [-0.25, -0.2) is 4.79 Å². The molecule has 0 amide bonds. The van der Waals surface area contributed by atoms with Crippen LogP contribution in [0, 0.1) is 0 Å². The Labute approximate surface area is 170 Å². The van der Waals surface area contributed by atoms with Crippen molar-refractivity contribution in [2.45, 2.75) is 149 Å². The van der Waals surface area contributed by atoms with Gasteiger partial charge in [0.05, 0.1) is 0 Å². The quantitative estimate of drug-likeness (QED) is 0.186. The van der Waals surface area contributed by atoms with Crippen LogP contribution in [0.25, 0.3) is 0 Å². The minimum Gasteiger partial charge on any atom is -0.431 e. The lowest BCUT2D eigenvalue weighted by atomic mass is 10.0. The molecule has 162 valence electrons. The Morgan fingerprint density at radius 3 is 1.41 bits per heavy atom. The van der Waals surface area contributed by atoms with E-state index in [9.17, 15) is 4.79 Å². The summed E-state index contributed by atoms with van der Waals surface area (Å²) in [6, 6.07) is 0. The highest BCUT2D eigenvalue weighted by molar-refractivity contribution is 5.60. The van der Waals surface area contributed by atoms with E-state index in [0.29, 0.717) is 0 Å². The highest BCUT2D eigenvalue weighted by Gasteiger charge is 2.21. The first-order chi connectivity index (χ1) is 12.9. The fourth-order valence-electron chi connectivity index (χ4n) is 3.33. The maximum atomic E-state index is 12.0. The van der Waals surface area contributed by atoms with E-state index < -0.39 is 11.8 Å². The summed E-state index contributed by atoms with van der Waals surface area (Å²) in [5.74, 6) is 0. The molecule has 3 heteroatoms. The minimum atomic E-state index is -0.501. The predicted molar refractivity (Wildman–Crippen MR) is 116 cm³/mol. The molecular weight excluding hydrogens is 336 g/mol. The van der Waals surface area contributed by atoms with Gasteiger partial charge in [0.25, 0.3) is 0 Å². The van der Waals surface area contributed by atoms with Crippen LogP contribution >= 0.6 is 0 Å². The summed E-state index contributed by atoms with van der Waals surface area (Å²) in [5.41, 5.74) is -0.486. The maximum Gasteiger partial charge on any atom is 0.509 e. The van der Waals surface area contributed by atoms with E-state index in [-0.39, 0.29) is 6.10 Å². The summed E-state index contributed by atoms with van der Waals surface area (Å²) in [6.45, 7) is 10.2. The molecule has 0 aliphatic heterocycles. The van der Waals surface area contributed by atoms with Crippen molar-refractivity contribution in [1.82, 2.24) is 0 Å². The van der Waals surface area contributed by atoms with E-state index in [1.54, 1.807) is 0 Å². The van der Waals surface area contributed by atoms with Crippen molar-refractivity contribution in [3.05, 3.63) is 0 Å². The summed E-state index contributed by atoms with van der Waals surface area (Å²) in [4.78, 5) is 12.0. The molecule has 3 nitrogen and oxygen atoms in total. The summed E-state index contributed by atoms with van der Waals surface area (Å²) in [5, 5.41) is 0. The van der Waals surface area contributed by atoms with Gasteiger partial charge in [0.1, 0.15) is 11.7 Å². The van der Waals surface area contributed by atoms with Crippen LogP contribution in [0.15, 0.2) is 0 Å². The third kappa shape index (κ3) is 19.8. The Kier molecular flexibility index (Phi) is 16.9. The lowest BCUT2D eigenvalue weighted by molar-refractivity contribution is -0.0307. The average molecular weight is 385 g/mol. The van der Waals surface area contributed by atoms with Crippen molar-refractivity contribution in [1.29, 1.82) is 0 Å². The van der Waals surface area contributed by atoms with Crippen molar-refractivity contribution in [3.8, 4) is 0 Å². The van der Waals surface area contributed by atoms with E-state index >= 15 is 0 Å². The standard InChI is InChI=1S/C24H48O3/c1-6-8-10-12-14-16-18-20-22(26-23(25)27-24(3,4)5)21-19-17-15-13-11-9-7-2/h22H,6-21H2,1-5H3. The molecule has 0 radical (unpaired) electrons. The number of carbonyl (C=O) groups excluding carboxylic acids is 1. The van der Waals surface area contributed by atoms with Gasteiger partial charge in [-0.1, -0.05) is 90.9 Å². The lowest BCUT2D eigenvalue weighted by Gasteiger charge is -2.23. The van der Waals surface area contributed by atoms with Crippen LogP contribution < -0.4 is 0 Å². The summed E-state index contributed by atoms with van der Waals surface area (Å²) >= 11 is 0. The zero-order valence-corrected chi connectivity index (χ0v) is 19.1. The molecule has 0 aromatic carbocycles. The molecule has 0 saturated heterocycles. The molecule has 0 aromatic heterocycles. The average Bonchev–Trinajstić information content (AvgIpc) is 2.58. The topological polar surface area (TPSA) is 35.5 Å². The second-order valence-electron chi connectivity index (χ2n) is 9.02. The number of hydrogen-bond acceptors (Lipinski definition) is 3. The van der Waals surface area contributed by atoms with Crippen LogP contribution in [-0.2, 0) is 9.47 Å². The number of unbranched alkanes of at least 4 members (excludes halogenated alkanes) is 12. The Morgan fingerprint density at radius 2 is 1.04 bits per heavy atom. The molecule has 27 heavy (non-hydrogen) atoms. The molecule has 0 aliphatic carbocycles. The first-order valence-corrected chi connectivity index (χ1v) is 11.8. The fourth-order valence-corrected chi connectivity index (χ4v) is 3.33. The second-order valence-corrected chi connectivity index (χ2v) is 9.02. The highest BCUT2D eigenvalue weighted by atomic mass is 16.7. The van der Waals surface area contributed by atoms with E-state index in [0.717, 1.165) is 25.7 Å². The van der Waals surface area contributed by atoms with Gasteiger partial charge in [-0.05, 0) is 46.5 Å². The van der Waals surface area contributed by atoms with Crippen LogP contribution in [0.3, 0.4) is 0 Å². The van der Waals surface area contributed by atoms with E-state index in [2.05, 4.69) is 13.8 Å². The second kappa shape index (κ2) is 17.4. The predicted octanol–water partition coefficient (Wildman–Crippen LogP) is 8.59. The SMILES string of the molecule is CCCCCCCCCC(CCCCCCCCC)OC(=O)OC(C)(C)C. The molecule has 0 heterocycles. The first-order valence-electron chi connectivity index (χ1n) is 11.8. The van der Waals surface area contributed by atoms with Gasteiger partial charge in [0.2, 0.25) is 0 Å². The Morgan fingerprint density at radius 1 is 0.667 bits per heavy atom. The largest absolute Gasteiger partial charge is 0.509 e. The molecule has 0 bridgehead atoms. The molecule has 0 rings (SSSR count). The van der Waals surface area contributed by atoms with Crippen molar-refractivity contribution >= 4 is 6.16 Å². The van der Waals surface area contributed by atoms with Crippen LogP contribution in [-0.4, -0.2) is 17.9 Å². The number of carbonyl (C=O) groups is 1. The molecule has 0 atom stereocenters.